The van der Waals surface area contributed by atoms with Gasteiger partial charge in [-0.15, -0.1) is 0 Å². The first kappa shape index (κ1) is 15.1. The highest BCUT2D eigenvalue weighted by Gasteiger charge is 2.00. The molecule has 0 spiro atoms. The van der Waals surface area contributed by atoms with Crippen LogP contribution < -0.4 is 0 Å². The van der Waals surface area contributed by atoms with Gasteiger partial charge in [0, 0.05) is 12.0 Å². The predicted molar refractivity (Wildman–Crippen MR) is 99.2 cm³/mol. The summed E-state index contributed by atoms with van der Waals surface area (Å²) in [5.41, 5.74) is 7.33. The van der Waals surface area contributed by atoms with Gasteiger partial charge in [-0.2, -0.15) is 0 Å². The molecule has 0 heterocycles. The van der Waals surface area contributed by atoms with Crippen molar-refractivity contribution in [3.8, 4) is 34.1 Å². The van der Waals surface area contributed by atoms with E-state index in [4.69, 9.17) is 0 Å². The third-order valence-electron chi connectivity index (χ3n) is 3.90. The molecule has 0 N–H and O–H groups in total. The van der Waals surface area contributed by atoms with Gasteiger partial charge >= 0.3 is 0 Å². The van der Waals surface area contributed by atoms with E-state index in [1.54, 1.807) is 0 Å². The van der Waals surface area contributed by atoms with Gasteiger partial charge in [0.15, 0.2) is 0 Å². The minimum atomic E-state index is 0.891. The molecule has 23 heavy (non-hydrogen) atoms. The van der Waals surface area contributed by atoms with Gasteiger partial charge in [-0.1, -0.05) is 85.0 Å². The van der Waals surface area contributed by atoms with Crippen molar-refractivity contribution in [2.24, 2.45) is 0 Å². The Labute approximate surface area is 138 Å². The topological polar surface area (TPSA) is 0 Å². The molecule has 0 aliphatic rings. The monoisotopic (exact) mass is 296 g/mol. The van der Waals surface area contributed by atoms with Crippen molar-refractivity contribution in [1.82, 2.24) is 0 Å². The van der Waals surface area contributed by atoms with Crippen LogP contribution in [-0.2, 0) is 0 Å². The van der Waals surface area contributed by atoms with Crippen LogP contribution in [0.25, 0.3) is 22.3 Å². The van der Waals surface area contributed by atoms with Crippen molar-refractivity contribution < 1.29 is 0 Å². The Kier molecular flexibility index (Phi) is 4.60. The first-order valence-electron chi connectivity index (χ1n) is 8.02. The summed E-state index contributed by atoms with van der Waals surface area (Å²) in [6.45, 7) is 4.18. The van der Waals surface area contributed by atoms with Gasteiger partial charge in [-0.05, 0) is 41.3 Å². The number of hydrogen-bond acceptors (Lipinski definition) is 0. The standard InChI is InChI=1S/C23H20/c1-3-4-5-19-8-12-21(13-9-19)23-16-14-22(15-17-23)20-10-6-18(2)7-11-20/h6-17H,3H2,1-2H3. The van der Waals surface area contributed by atoms with Crippen molar-refractivity contribution in [3.05, 3.63) is 83.9 Å². The van der Waals surface area contributed by atoms with Gasteiger partial charge in [-0.3, -0.25) is 0 Å². The molecule has 3 aromatic carbocycles. The van der Waals surface area contributed by atoms with E-state index in [-0.39, 0.29) is 0 Å². The van der Waals surface area contributed by atoms with E-state index < -0.39 is 0 Å². The van der Waals surface area contributed by atoms with Gasteiger partial charge in [0.25, 0.3) is 0 Å². The molecular formula is C23H20. The van der Waals surface area contributed by atoms with Crippen LogP contribution in [0.2, 0.25) is 0 Å². The van der Waals surface area contributed by atoms with Crippen LogP contribution in [0, 0.1) is 18.8 Å². The molecule has 0 radical (unpaired) electrons. The molecular weight excluding hydrogens is 276 g/mol. The van der Waals surface area contributed by atoms with Crippen LogP contribution in [0.4, 0.5) is 0 Å². The second-order valence-corrected chi connectivity index (χ2v) is 5.68. The van der Waals surface area contributed by atoms with Crippen LogP contribution in [0.3, 0.4) is 0 Å². The summed E-state index contributed by atoms with van der Waals surface area (Å²) in [5.74, 6) is 6.26. The summed E-state index contributed by atoms with van der Waals surface area (Å²) in [7, 11) is 0. The van der Waals surface area contributed by atoms with E-state index >= 15 is 0 Å². The van der Waals surface area contributed by atoms with Crippen LogP contribution in [0.1, 0.15) is 24.5 Å². The second kappa shape index (κ2) is 6.99. The molecule has 0 saturated carbocycles. The summed E-state index contributed by atoms with van der Waals surface area (Å²) < 4.78 is 0. The number of rotatable bonds is 2. The molecule has 0 saturated heterocycles. The minimum Gasteiger partial charge on any atom is -0.0982 e. The van der Waals surface area contributed by atoms with Crippen molar-refractivity contribution in [2.45, 2.75) is 20.3 Å². The first-order chi connectivity index (χ1) is 11.3. The summed E-state index contributed by atoms with van der Waals surface area (Å²) in [6, 6.07) is 25.8. The Morgan fingerprint density at radius 1 is 0.609 bits per heavy atom. The zero-order chi connectivity index (χ0) is 16.1. The maximum atomic E-state index is 3.16. The molecule has 0 atom stereocenters. The fourth-order valence-corrected chi connectivity index (χ4v) is 2.54. The Hall–Kier alpha value is -2.78. The van der Waals surface area contributed by atoms with Crippen LogP contribution in [0.5, 0.6) is 0 Å². The van der Waals surface area contributed by atoms with Gasteiger partial charge in [-0.25, -0.2) is 0 Å². The molecule has 112 valence electrons. The molecule has 0 nitrogen and oxygen atoms in total. The fraction of sp³-hybridized carbons (Fsp3) is 0.130. The van der Waals surface area contributed by atoms with E-state index in [0.717, 1.165) is 12.0 Å². The highest BCUT2D eigenvalue weighted by Crippen LogP contribution is 2.25. The van der Waals surface area contributed by atoms with E-state index in [1.165, 1.54) is 27.8 Å². The van der Waals surface area contributed by atoms with Crippen LogP contribution in [-0.4, -0.2) is 0 Å². The lowest BCUT2D eigenvalue weighted by Gasteiger charge is -2.06. The Bertz CT molecular complexity index is 824. The first-order valence-corrected chi connectivity index (χ1v) is 8.02. The molecule has 0 heteroatoms. The molecule has 0 aliphatic heterocycles. The third kappa shape index (κ3) is 3.71. The van der Waals surface area contributed by atoms with Crippen molar-refractivity contribution in [3.63, 3.8) is 0 Å². The smallest absolute Gasteiger partial charge is 0.0245 e. The molecule has 0 amide bonds. The highest BCUT2D eigenvalue weighted by molar-refractivity contribution is 5.70. The maximum absolute atomic E-state index is 3.16. The third-order valence-corrected chi connectivity index (χ3v) is 3.90. The Morgan fingerprint density at radius 2 is 1.00 bits per heavy atom. The van der Waals surface area contributed by atoms with E-state index in [9.17, 15) is 0 Å². The fourth-order valence-electron chi connectivity index (χ4n) is 2.54. The summed E-state index contributed by atoms with van der Waals surface area (Å²) in [5, 5.41) is 0. The summed E-state index contributed by atoms with van der Waals surface area (Å²) in [4.78, 5) is 0. The Morgan fingerprint density at radius 3 is 1.43 bits per heavy atom. The molecule has 0 aliphatic carbocycles. The quantitative estimate of drug-likeness (QED) is 0.502. The number of benzene rings is 3. The highest BCUT2D eigenvalue weighted by atomic mass is 14.0. The van der Waals surface area contributed by atoms with Crippen molar-refractivity contribution >= 4 is 0 Å². The van der Waals surface area contributed by atoms with Crippen LogP contribution >= 0.6 is 0 Å². The largest absolute Gasteiger partial charge is 0.0982 e. The Balaban J connectivity index is 1.83. The molecule has 0 fully saturated rings. The minimum absolute atomic E-state index is 0.891. The van der Waals surface area contributed by atoms with Gasteiger partial charge in [0.05, 0.1) is 0 Å². The zero-order valence-corrected chi connectivity index (χ0v) is 13.6. The lowest BCUT2D eigenvalue weighted by Crippen LogP contribution is -1.82. The average Bonchev–Trinajstić information content (AvgIpc) is 2.61. The lowest BCUT2D eigenvalue weighted by atomic mass is 9.99. The van der Waals surface area contributed by atoms with E-state index in [2.05, 4.69) is 98.5 Å². The normalized spacial score (nSPS) is 10.0. The summed E-state index contributed by atoms with van der Waals surface area (Å²) in [6.07, 6.45) is 0.891. The molecule has 0 aromatic heterocycles. The lowest BCUT2D eigenvalue weighted by molar-refractivity contribution is 1.28. The predicted octanol–water partition coefficient (Wildman–Crippen LogP) is 6.09. The van der Waals surface area contributed by atoms with Crippen molar-refractivity contribution in [1.29, 1.82) is 0 Å². The molecule has 3 aromatic rings. The van der Waals surface area contributed by atoms with Crippen molar-refractivity contribution in [2.75, 3.05) is 0 Å². The molecule has 0 bridgehead atoms. The van der Waals surface area contributed by atoms with Gasteiger partial charge in [0.1, 0.15) is 0 Å². The van der Waals surface area contributed by atoms with Gasteiger partial charge < -0.3 is 0 Å². The van der Waals surface area contributed by atoms with Gasteiger partial charge in [0.2, 0.25) is 0 Å². The maximum Gasteiger partial charge on any atom is 0.0245 e. The molecule has 3 rings (SSSR count). The van der Waals surface area contributed by atoms with E-state index in [1.807, 2.05) is 0 Å². The number of hydrogen-bond donors (Lipinski definition) is 0. The number of aryl methyl sites for hydroxylation is 1. The average molecular weight is 296 g/mol. The summed E-state index contributed by atoms with van der Waals surface area (Å²) >= 11 is 0. The SMILES string of the molecule is CCC#Cc1ccc(-c2ccc(-c3ccc(C)cc3)cc2)cc1. The zero-order valence-electron chi connectivity index (χ0n) is 13.6. The second-order valence-electron chi connectivity index (χ2n) is 5.68. The van der Waals surface area contributed by atoms with E-state index in [0.29, 0.717) is 0 Å². The van der Waals surface area contributed by atoms with Crippen LogP contribution in [0.15, 0.2) is 72.8 Å². The molecule has 0 unspecified atom stereocenters.